The summed E-state index contributed by atoms with van der Waals surface area (Å²) in [6, 6.07) is 4.29. The SMILES string of the molecule is Cc1ccc(F)cc1C(=O)N1CCC(n2cc(C(=O)O)cn2)CC1. The number of carboxylic acid groups (broad SMARTS) is 1. The molecule has 1 fully saturated rings. The van der Waals surface area contributed by atoms with Crippen LogP contribution in [0.1, 0.15) is 45.2 Å². The van der Waals surface area contributed by atoms with Gasteiger partial charge in [0.15, 0.2) is 0 Å². The lowest BCUT2D eigenvalue weighted by Crippen LogP contribution is -2.39. The third kappa shape index (κ3) is 3.15. The Kier molecular flexibility index (Phi) is 4.33. The standard InChI is InChI=1S/C17H18FN3O3/c1-11-2-3-13(18)8-15(11)16(22)20-6-4-14(5-7-20)21-10-12(9-19-21)17(23)24/h2-3,8-10,14H,4-7H2,1H3,(H,23,24). The quantitative estimate of drug-likeness (QED) is 0.938. The predicted molar refractivity (Wildman–Crippen MR) is 84.5 cm³/mol. The van der Waals surface area contributed by atoms with E-state index in [1.807, 2.05) is 0 Å². The molecule has 1 aliphatic heterocycles. The van der Waals surface area contributed by atoms with Crippen molar-refractivity contribution in [1.82, 2.24) is 14.7 Å². The number of piperidine rings is 1. The molecule has 1 aromatic carbocycles. The average molecular weight is 331 g/mol. The lowest BCUT2D eigenvalue weighted by atomic mass is 10.0. The highest BCUT2D eigenvalue weighted by atomic mass is 19.1. The lowest BCUT2D eigenvalue weighted by Gasteiger charge is -2.32. The Morgan fingerprint density at radius 1 is 1.29 bits per heavy atom. The van der Waals surface area contributed by atoms with Gasteiger partial charge in [0.05, 0.1) is 17.8 Å². The van der Waals surface area contributed by atoms with Crippen LogP contribution in [0.25, 0.3) is 0 Å². The molecule has 7 heteroatoms. The molecule has 2 heterocycles. The molecule has 1 saturated heterocycles. The maximum absolute atomic E-state index is 13.4. The van der Waals surface area contributed by atoms with Crippen LogP contribution < -0.4 is 0 Å². The Morgan fingerprint density at radius 2 is 2.00 bits per heavy atom. The summed E-state index contributed by atoms with van der Waals surface area (Å²) < 4.78 is 15.0. The number of aromatic nitrogens is 2. The highest BCUT2D eigenvalue weighted by molar-refractivity contribution is 5.95. The zero-order chi connectivity index (χ0) is 17.3. The van der Waals surface area contributed by atoms with Gasteiger partial charge in [-0.2, -0.15) is 5.10 Å². The molecular formula is C17H18FN3O3. The highest BCUT2D eigenvalue weighted by Crippen LogP contribution is 2.24. The molecule has 0 bridgehead atoms. The van der Waals surface area contributed by atoms with E-state index in [9.17, 15) is 14.0 Å². The van der Waals surface area contributed by atoms with Gasteiger partial charge in [-0.25, -0.2) is 9.18 Å². The van der Waals surface area contributed by atoms with Crippen LogP contribution in [-0.4, -0.2) is 44.8 Å². The van der Waals surface area contributed by atoms with Crippen molar-refractivity contribution >= 4 is 11.9 Å². The first kappa shape index (κ1) is 16.2. The van der Waals surface area contributed by atoms with Gasteiger partial charge >= 0.3 is 5.97 Å². The van der Waals surface area contributed by atoms with Gasteiger partial charge in [-0.1, -0.05) is 6.07 Å². The number of hydrogen-bond donors (Lipinski definition) is 1. The first-order valence-electron chi connectivity index (χ1n) is 7.78. The number of amides is 1. The molecule has 1 amide bonds. The van der Waals surface area contributed by atoms with Gasteiger partial charge in [-0.3, -0.25) is 9.48 Å². The van der Waals surface area contributed by atoms with E-state index in [1.54, 1.807) is 22.6 Å². The fraction of sp³-hybridized carbons (Fsp3) is 0.353. The minimum Gasteiger partial charge on any atom is -0.478 e. The van der Waals surface area contributed by atoms with Gasteiger partial charge in [0, 0.05) is 24.8 Å². The van der Waals surface area contributed by atoms with Crippen molar-refractivity contribution in [3.63, 3.8) is 0 Å². The summed E-state index contributed by atoms with van der Waals surface area (Å²) >= 11 is 0. The number of halogens is 1. The van der Waals surface area contributed by atoms with E-state index in [0.29, 0.717) is 31.5 Å². The molecule has 6 nitrogen and oxygen atoms in total. The maximum atomic E-state index is 13.4. The molecule has 126 valence electrons. The van der Waals surface area contributed by atoms with Crippen LogP contribution in [0.15, 0.2) is 30.6 Å². The highest BCUT2D eigenvalue weighted by Gasteiger charge is 2.26. The predicted octanol–water partition coefficient (Wildman–Crippen LogP) is 2.51. The molecule has 2 aromatic rings. The van der Waals surface area contributed by atoms with E-state index in [4.69, 9.17) is 5.11 Å². The van der Waals surface area contributed by atoms with E-state index < -0.39 is 11.8 Å². The summed E-state index contributed by atoms with van der Waals surface area (Å²) in [6.07, 6.45) is 4.21. The second-order valence-corrected chi connectivity index (χ2v) is 6.00. The van der Waals surface area contributed by atoms with Crippen LogP contribution in [0.4, 0.5) is 4.39 Å². The summed E-state index contributed by atoms with van der Waals surface area (Å²) in [7, 11) is 0. The van der Waals surface area contributed by atoms with Gasteiger partial charge in [0.2, 0.25) is 0 Å². The minimum atomic E-state index is -1.00. The van der Waals surface area contributed by atoms with E-state index >= 15 is 0 Å². The van der Waals surface area contributed by atoms with Gasteiger partial charge < -0.3 is 10.0 Å². The summed E-state index contributed by atoms with van der Waals surface area (Å²) in [5, 5.41) is 13.0. The van der Waals surface area contributed by atoms with Crippen molar-refractivity contribution in [1.29, 1.82) is 0 Å². The van der Waals surface area contributed by atoms with E-state index in [0.717, 1.165) is 5.56 Å². The molecule has 24 heavy (non-hydrogen) atoms. The number of aromatic carboxylic acids is 1. The average Bonchev–Trinajstić information content (AvgIpc) is 3.07. The minimum absolute atomic E-state index is 0.0655. The van der Waals surface area contributed by atoms with Gasteiger partial charge in [0.25, 0.3) is 5.91 Å². The van der Waals surface area contributed by atoms with Crippen LogP contribution in [0.2, 0.25) is 0 Å². The number of aryl methyl sites for hydroxylation is 1. The van der Waals surface area contributed by atoms with E-state index in [2.05, 4.69) is 5.10 Å². The molecule has 1 aromatic heterocycles. The topological polar surface area (TPSA) is 75.4 Å². The van der Waals surface area contributed by atoms with Crippen molar-refractivity contribution in [2.45, 2.75) is 25.8 Å². The molecule has 0 atom stereocenters. The number of carbonyl (C=O) groups is 2. The van der Waals surface area contributed by atoms with Crippen molar-refractivity contribution in [3.8, 4) is 0 Å². The molecule has 0 aliphatic carbocycles. The first-order valence-corrected chi connectivity index (χ1v) is 7.78. The Bertz CT molecular complexity index is 779. The number of nitrogens with zero attached hydrogens (tertiary/aromatic N) is 3. The fourth-order valence-electron chi connectivity index (χ4n) is 2.98. The van der Waals surface area contributed by atoms with E-state index in [1.165, 1.54) is 24.5 Å². The first-order chi connectivity index (χ1) is 11.5. The molecule has 1 aliphatic rings. The molecule has 0 spiro atoms. The van der Waals surface area contributed by atoms with Crippen molar-refractivity contribution in [2.75, 3.05) is 13.1 Å². The summed E-state index contributed by atoms with van der Waals surface area (Å²) in [5.74, 6) is -1.59. The summed E-state index contributed by atoms with van der Waals surface area (Å²) in [4.78, 5) is 25.2. The van der Waals surface area contributed by atoms with Crippen LogP contribution in [0, 0.1) is 12.7 Å². The molecule has 3 rings (SSSR count). The van der Waals surface area contributed by atoms with Gasteiger partial charge in [0.1, 0.15) is 5.82 Å². The Balaban J connectivity index is 1.67. The Hall–Kier alpha value is -2.70. The Labute approximate surface area is 138 Å². The fourth-order valence-corrected chi connectivity index (χ4v) is 2.98. The molecular weight excluding hydrogens is 313 g/mol. The van der Waals surface area contributed by atoms with Crippen molar-refractivity contribution in [2.24, 2.45) is 0 Å². The second-order valence-electron chi connectivity index (χ2n) is 6.00. The zero-order valence-corrected chi connectivity index (χ0v) is 13.3. The maximum Gasteiger partial charge on any atom is 0.338 e. The number of carbonyl (C=O) groups excluding carboxylic acids is 1. The second kappa shape index (κ2) is 6.43. The van der Waals surface area contributed by atoms with Crippen LogP contribution in [0.5, 0.6) is 0 Å². The number of rotatable bonds is 3. The molecule has 0 saturated carbocycles. The summed E-state index contributed by atoms with van der Waals surface area (Å²) in [5.41, 5.74) is 1.30. The molecule has 0 unspecified atom stereocenters. The van der Waals surface area contributed by atoms with Crippen LogP contribution in [-0.2, 0) is 0 Å². The number of hydrogen-bond acceptors (Lipinski definition) is 3. The third-order valence-corrected chi connectivity index (χ3v) is 4.40. The number of carboxylic acids is 1. The van der Waals surface area contributed by atoms with Crippen LogP contribution in [0.3, 0.4) is 0 Å². The molecule has 0 radical (unpaired) electrons. The van der Waals surface area contributed by atoms with Crippen molar-refractivity contribution < 1.29 is 19.1 Å². The van der Waals surface area contributed by atoms with E-state index in [-0.39, 0.29) is 17.5 Å². The number of benzene rings is 1. The van der Waals surface area contributed by atoms with Gasteiger partial charge in [-0.05, 0) is 37.5 Å². The zero-order valence-electron chi connectivity index (χ0n) is 13.3. The van der Waals surface area contributed by atoms with Crippen molar-refractivity contribution in [3.05, 3.63) is 53.1 Å². The monoisotopic (exact) mass is 331 g/mol. The summed E-state index contributed by atoms with van der Waals surface area (Å²) in [6.45, 7) is 2.85. The lowest BCUT2D eigenvalue weighted by molar-refractivity contribution is 0.0687. The van der Waals surface area contributed by atoms with Gasteiger partial charge in [-0.15, -0.1) is 0 Å². The smallest absolute Gasteiger partial charge is 0.338 e. The molecule has 1 N–H and O–H groups in total. The third-order valence-electron chi connectivity index (χ3n) is 4.40. The number of likely N-dealkylation sites (tertiary alicyclic amines) is 1. The Morgan fingerprint density at radius 3 is 2.62 bits per heavy atom. The largest absolute Gasteiger partial charge is 0.478 e. The van der Waals surface area contributed by atoms with Crippen LogP contribution >= 0.6 is 0 Å². The normalized spacial score (nSPS) is 15.5.